The van der Waals surface area contributed by atoms with Crippen LogP contribution in [0, 0.1) is 12.8 Å². The number of anilines is 1. The molecule has 8 heteroatoms. The maximum atomic E-state index is 12.2. The minimum absolute atomic E-state index is 0.126. The van der Waals surface area contributed by atoms with Gasteiger partial charge in [0.25, 0.3) is 0 Å². The Hall–Kier alpha value is -1.15. The molecule has 2 N–H and O–H groups in total. The van der Waals surface area contributed by atoms with Crippen molar-refractivity contribution in [3.05, 3.63) is 28.2 Å². The van der Waals surface area contributed by atoms with Crippen LogP contribution in [0.3, 0.4) is 0 Å². The Morgan fingerprint density at radius 3 is 2.65 bits per heavy atom. The predicted molar refractivity (Wildman–Crippen MR) is 81.9 cm³/mol. The van der Waals surface area contributed by atoms with Crippen molar-refractivity contribution in [2.75, 3.05) is 5.32 Å². The third-order valence-electron chi connectivity index (χ3n) is 2.42. The van der Waals surface area contributed by atoms with Gasteiger partial charge in [0.15, 0.2) is 5.11 Å². The summed E-state index contributed by atoms with van der Waals surface area (Å²) >= 11 is 8.28. The summed E-state index contributed by atoms with van der Waals surface area (Å²) in [6.45, 7) is 2.89. The van der Waals surface area contributed by atoms with Gasteiger partial charge in [-0.3, -0.25) is 5.43 Å². The average Bonchev–Trinajstić information content (AvgIpc) is 2.31. The zero-order valence-electron chi connectivity index (χ0n) is 10.8. The molecule has 1 aromatic rings. The van der Waals surface area contributed by atoms with Crippen molar-refractivity contribution in [1.29, 1.82) is 0 Å². The zero-order chi connectivity index (χ0) is 15.3. The summed E-state index contributed by atoms with van der Waals surface area (Å²) < 4.78 is 37.6. The molecular weight excluding hydrogens is 355 g/mol. The van der Waals surface area contributed by atoms with Crippen LogP contribution in [0.15, 0.2) is 27.8 Å². The number of thiocarbonyl (C=S) groups is 1. The predicted octanol–water partition coefficient (Wildman–Crippen LogP) is 4.23. The Labute approximate surface area is 128 Å². The van der Waals surface area contributed by atoms with Crippen LogP contribution < -0.4 is 10.7 Å². The Bertz CT molecular complexity index is 517. The van der Waals surface area contributed by atoms with Crippen molar-refractivity contribution in [3.8, 4) is 0 Å². The summed E-state index contributed by atoms with van der Waals surface area (Å²) in [5, 5.41) is 6.45. The minimum Gasteiger partial charge on any atom is -0.331 e. The maximum Gasteiger partial charge on any atom is 0.396 e. The molecule has 1 unspecified atom stereocenters. The van der Waals surface area contributed by atoms with E-state index >= 15 is 0 Å². The largest absolute Gasteiger partial charge is 0.396 e. The molecule has 0 amide bonds. The molecule has 0 aliphatic carbocycles. The van der Waals surface area contributed by atoms with Gasteiger partial charge in [0.2, 0.25) is 0 Å². The normalized spacial score (nSPS) is 13.3. The van der Waals surface area contributed by atoms with E-state index in [9.17, 15) is 13.2 Å². The Balaban J connectivity index is 2.54. The van der Waals surface area contributed by atoms with Crippen LogP contribution in [0.5, 0.6) is 0 Å². The van der Waals surface area contributed by atoms with Gasteiger partial charge in [-0.1, -0.05) is 15.9 Å². The van der Waals surface area contributed by atoms with E-state index in [0.717, 1.165) is 28.9 Å². The molecule has 0 spiro atoms. The SMILES string of the molecule is Cc1cc(Br)ccc1NC(=S)N/N=C/C(C)C(F)(F)F. The van der Waals surface area contributed by atoms with E-state index in [1.54, 1.807) is 6.07 Å². The van der Waals surface area contributed by atoms with Crippen LogP contribution >= 0.6 is 28.1 Å². The number of alkyl halides is 3. The third-order valence-corrected chi connectivity index (χ3v) is 3.10. The Kier molecular flexibility index (Phi) is 5.94. The molecule has 0 bridgehead atoms. The molecular formula is C12H13BrF3N3S. The van der Waals surface area contributed by atoms with Crippen LogP contribution in [0.4, 0.5) is 18.9 Å². The molecule has 0 aliphatic heterocycles. The second-order valence-electron chi connectivity index (χ2n) is 4.13. The first kappa shape index (κ1) is 16.9. The molecule has 20 heavy (non-hydrogen) atoms. The summed E-state index contributed by atoms with van der Waals surface area (Å²) in [5.41, 5.74) is 4.05. The van der Waals surface area contributed by atoms with E-state index in [1.807, 2.05) is 19.1 Å². The third kappa shape index (κ3) is 5.46. The summed E-state index contributed by atoms with van der Waals surface area (Å²) in [6, 6.07) is 5.52. The minimum atomic E-state index is -4.30. The molecule has 1 atom stereocenters. The lowest BCUT2D eigenvalue weighted by Gasteiger charge is -2.12. The fourth-order valence-corrected chi connectivity index (χ4v) is 1.85. The second kappa shape index (κ2) is 7.03. The molecule has 0 aliphatic rings. The number of nitrogens with zero attached hydrogens (tertiary/aromatic N) is 1. The first-order chi connectivity index (χ1) is 9.20. The van der Waals surface area contributed by atoms with Crippen molar-refractivity contribution in [3.63, 3.8) is 0 Å². The number of aryl methyl sites for hydroxylation is 1. The van der Waals surface area contributed by atoms with E-state index < -0.39 is 12.1 Å². The standard InChI is InChI=1S/C12H13BrF3N3S/c1-7-5-9(13)3-4-10(7)18-11(20)19-17-6-8(2)12(14,15)16/h3-6,8H,1-2H3,(H2,18,19,20)/b17-6+. The van der Waals surface area contributed by atoms with Crippen LogP contribution in [0.1, 0.15) is 12.5 Å². The van der Waals surface area contributed by atoms with Gasteiger partial charge in [-0.25, -0.2) is 0 Å². The van der Waals surface area contributed by atoms with E-state index in [0.29, 0.717) is 0 Å². The van der Waals surface area contributed by atoms with Gasteiger partial charge >= 0.3 is 6.18 Å². The molecule has 0 fully saturated rings. The highest BCUT2D eigenvalue weighted by Gasteiger charge is 2.34. The smallest absolute Gasteiger partial charge is 0.331 e. The lowest BCUT2D eigenvalue weighted by Crippen LogP contribution is -2.26. The molecule has 0 saturated carbocycles. The van der Waals surface area contributed by atoms with Gasteiger partial charge in [-0.2, -0.15) is 18.3 Å². The van der Waals surface area contributed by atoms with Gasteiger partial charge in [0.05, 0.1) is 5.92 Å². The van der Waals surface area contributed by atoms with E-state index in [4.69, 9.17) is 12.2 Å². The van der Waals surface area contributed by atoms with Gasteiger partial charge in [0.1, 0.15) is 0 Å². The number of benzene rings is 1. The summed E-state index contributed by atoms with van der Waals surface area (Å²) in [6.07, 6.45) is -3.54. The summed E-state index contributed by atoms with van der Waals surface area (Å²) in [5.74, 6) is -1.63. The molecule has 0 aromatic heterocycles. The van der Waals surface area contributed by atoms with Crippen molar-refractivity contribution >= 4 is 45.2 Å². The summed E-state index contributed by atoms with van der Waals surface area (Å²) in [4.78, 5) is 0. The van der Waals surface area contributed by atoms with Gasteiger partial charge in [-0.15, -0.1) is 0 Å². The van der Waals surface area contributed by atoms with Crippen LogP contribution in [-0.2, 0) is 0 Å². The number of rotatable bonds is 3. The number of nitrogens with one attached hydrogen (secondary N) is 2. The number of hydrogen-bond acceptors (Lipinski definition) is 2. The molecule has 3 nitrogen and oxygen atoms in total. The van der Waals surface area contributed by atoms with Crippen LogP contribution in [0.25, 0.3) is 0 Å². The van der Waals surface area contributed by atoms with Crippen molar-refractivity contribution < 1.29 is 13.2 Å². The maximum absolute atomic E-state index is 12.2. The average molecular weight is 368 g/mol. The molecule has 0 heterocycles. The molecule has 110 valence electrons. The van der Waals surface area contributed by atoms with Gasteiger partial charge < -0.3 is 5.32 Å². The highest BCUT2D eigenvalue weighted by molar-refractivity contribution is 9.10. The summed E-state index contributed by atoms with van der Waals surface area (Å²) in [7, 11) is 0. The van der Waals surface area contributed by atoms with E-state index in [-0.39, 0.29) is 5.11 Å². The van der Waals surface area contributed by atoms with Crippen molar-refractivity contribution in [2.24, 2.45) is 11.0 Å². The topological polar surface area (TPSA) is 36.4 Å². The fraction of sp³-hybridized carbons (Fsp3) is 0.333. The van der Waals surface area contributed by atoms with Crippen molar-refractivity contribution in [1.82, 2.24) is 5.43 Å². The fourth-order valence-electron chi connectivity index (χ4n) is 1.21. The van der Waals surface area contributed by atoms with Crippen molar-refractivity contribution in [2.45, 2.75) is 20.0 Å². The molecule has 0 radical (unpaired) electrons. The Morgan fingerprint density at radius 2 is 2.10 bits per heavy atom. The van der Waals surface area contributed by atoms with Crippen LogP contribution in [0.2, 0.25) is 0 Å². The second-order valence-corrected chi connectivity index (χ2v) is 5.46. The van der Waals surface area contributed by atoms with E-state index in [1.165, 1.54) is 0 Å². The highest BCUT2D eigenvalue weighted by Crippen LogP contribution is 2.23. The lowest BCUT2D eigenvalue weighted by atomic mass is 10.2. The van der Waals surface area contributed by atoms with Gasteiger partial charge in [-0.05, 0) is 49.8 Å². The first-order valence-electron chi connectivity index (χ1n) is 5.63. The highest BCUT2D eigenvalue weighted by atomic mass is 79.9. The monoisotopic (exact) mass is 367 g/mol. The lowest BCUT2D eigenvalue weighted by molar-refractivity contribution is -0.149. The van der Waals surface area contributed by atoms with Crippen LogP contribution in [-0.4, -0.2) is 17.5 Å². The first-order valence-corrected chi connectivity index (χ1v) is 6.83. The Morgan fingerprint density at radius 1 is 1.45 bits per heavy atom. The van der Waals surface area contributed by atoms with E-state index in [2.05, 4.69) is 31.8 Å². The number of hydrazone groups is 1. The molecule has 1 rings (SSSR count). The number of hydrogen-bond donors (Lipinski definition) is 2. The molecule has 1 aromatic carbocycles. The van der Waals surface area contributed by atoms with Gasteiger partial charge in [0, 0.05) is 16.4 Å². The number of halogens is 4. The quantitative estimate of drug-likeness (QED) is 0.476. The zero-order valence-corrected chi connectivity index (χ0v) is 13.2. The molecule has 0 saturated heterocycles.